The van der Waals surface area contributed by atoms with Crippen molar-refractivity contribution in [2.75, 3.05) is 0 Å². The number of hydrogen-bond donors (Lipinski definition) is 1. The van der Waals surface area contributed by atoms with Crippen LogP contribution in [-0.4, -0.2) is 4.98 Å². The minimum atomic E-state index is -4.29. The number of hydrogen-bond acceptors (Lipinski definition) is 0. The van der Waals surface area contributed by atoms with Crippen molar-refractivity contribution in [3.63, 3.8) is 0 Å². The van der Waals surface area contributed by atoms with Gasteiger partial charge in [0.25, 0.3) is 0 Å². The van der Waals surface area contributed by atoms with Crippen LogP contribution in [0.25, 0.3) is 10.9 Å². The van der Waals surface area contributed by atoms with Crippen molar-refractivity contribution in [2.45, 2.75) is 13.1 Å². The van der Waals surface area contributed by atoms with E-state index in [1.54, 1.807) is 19.2 Å². The van der Waals surface area contributed by atoms with Crippen molar-refractivity contribution < 1.29 is 13.2 Å². The van der Waals surface area contributed by atoms with Gasteiger partial charge in [-0.15, -0.1) is 0 Å². The van der Waals surface area contributed by atoms with E-state index in [0.717, 1.165) is 11.6 Å². The third kappa shape index (κ3) is 1.27. The van der Waals surface area contributed by atoms with Crippen LogP contribution in [0.15, 0.2) is 24.4 Å². The third-order valence-corrected chi connectivity index (χ3v) is 2.23. The highest BCUT2D eigenvalue weighted by Gasteiger charge is 2.32. The Bertz CT molecular complexity index is 468. The highest BCUT2D eigenvalue weighted by atomic mass is 19.4. The Balaban J connectivity index is 2.79. The lowest BCUT2D eigenvalue weighted by Gasteiger charge is -2.07. The largest absolute Gasteiger partial charge is 0.418 e. The zero-order chi connectivity index (χ0) is 10.3. The monoisotopic (exact) mass is 199 g/mol. The molecule has 0 saturated heterocycles. The molecule has 1 nitrogen and oxygen atoms in total. The van der Waals surface area contributed by atoms with Crippen LogP contribution in [0.2, 0.25) is 0 Å². The molecular formula is C10H8F3N. The quantitative estimate of drug-likeness (QED) is 0.668. The average Bonchev–Trinajstić information content (AvgIpc) is 2.46. The topological polar surface area (TPSA) is 15.8 Å². The summed E-state index contributed by atoms with van der Waals surface area (Å²) in [5.74, 6) is 0. The number of halogens is 3. The lowest BCUT2D eigenvalue weighted by molar-refractivity contribution is -0.136. The fourth-order valence-corrected chi connectivity index (χ4v) is 1.53. The van der Waals surface area contributed by atoms with Gasteiger partial charge in [0.2, 0.25) is 0 Å². The first kappa shape index (κ1) is 9.12. The van der Waals surface area contributed by atoms with Gasteiger partial charge >= 0.3 is 6.18 Å². The Morgan fingerprint density at radius 2 is 1.93 bits per heavy atom. The number of nitrogens with one attached hydrogen (secondary N) is 1. The number of alkyl halides is 3. The third-order valence-electron chi connectivity index (χ3n) is 2.23. The van der Waals surface area contributed by atoms with Crippen LogP contribution < -0.4 is 0 Å². The molecule has 0 aliphatic heterocycles. The van der Waals surface area contributed by atoms with Crippen LogP contribution in [0.1, 0.15) is 11.1 Å². The number of aromatic amines is 1. The Hall–Kier alpha value is -1.45. The molecule has 0 amide bonds. The molecule has 2 rings (SSSR count). The van der Waals surface area contributed by atoms with E-state index in [9.17, 15) is 13.2 Å². The highest BCUT2D eigenvalue weighted by molar-refractivity contribution is 5.86. The number of aryl methyl sites for hydroxylation is 1. The van der Waals surface area contributed by atoms with E-state index in [1.807, 2.05) is 0 Å². The zero-order valence-corrected chi connectivity index (χ0v) is 7.44. The molecule has 0 saturated carbocycles. The maximum absolute atomic E-state index is 12.5. The molecule has 0 aliphatic carbocycles. The van der Waals surface area contributed by atoms with Crippen LogP contribution in [0.4, 0.5) is 13.2 Å². The number of aromatic nitrogens is 1. The van der Waals surface area contributed by atoms with Gasteiger partial charge in [-0.05, 0) is 18.6 Å². The first-order chi connectivity index (χ1) is 6.50. The predicted octanol–water partition coefficient (Wildman–Crippen LogP) is 3.50. The van der Waals surface area contributed by atoms with E-state index >= 15 is 0 Å². The molecule has 0 aliphatic rings. The van der Waals surface area contributed by atoms with Crippen molar-refractivity contribution >= 4 is 10.9 Å². The van der Waals surface area contributed by atoms with Gasteiger partial charge in [0.1, 0.15) is 0 Å². The predicted molar refractivity (Wildman–Crippen MR) is 48.0 cm³/mol. The standard InChI is InChI=1S/C10H8F3N/c1-6-5-14-9-7(6)3-2-4-8(9)10(11,12)13/h2-5,14H,1H3. The second-order valence-corrected chi connectivity index (χ2v) is 3.20. The maximum Gasteiger partial charge on any atom is 0.418 e. The van der Waals surface area contributed by atoms with Gasteiger partial charge in [0.05, 0.1) is 11.1 Å². The molecule has 1 heterocycles. The van der Waals surface area contributed by atoms with Crippen molar-refractivity contribution in [1.82, 2.24) is 4.98 Å². The summed E-state index contributed by atoms with van der Waals surface area (Å²) in [6.45, 7) is 1.78. The summed E-state index contributed by atoms with van der Waals surface area (Å²) in [5, 5.41) is 0.625. The maximum atomic E-state index is 12.5. The average molecular weight is 199 g/mol. The Morgan fingerprint density at radius 3 is 2.57 bits per heavy atom. The van der Waals surface area contributed by atoms with E-state index in [1.165, 1.54) is 6.07 Å². The number of H-pyrrole nitrogens is 1. The first-order valence-corrected chi connectivity index (χ1v) is 4.14. The second kappa shape index (κ2) is 2.77. The fourth-order valence-electron chi connectivity index (χ4n) is 1.53. The van der Waals surface area contributed by atoms with Crippen LogP contribution in [-0.2, 0) is 6.18 Å². The second-order valence-electron chi connectivity index (χ2n) is 3.20. The smallest absolute Gasteiger partial charge is 0.360 e. The molecule has 1 aromatic carbocycles. The summed E-state index contributed by atoms with van der Waals surface area (Å²) in [4.78, 5) is 2.64. The first-order valence-electron chi connectivity index (χ1n) is 4.14. The molecule has 0 fully saturated rings. The molecule has 74 valence electrons. The minimum absolute atomic E-state index is 0.164. The van der Waals surface area contributed by atoms with E-state index < -0.39 is 11.7 Å². The number of fused-ring (bicyclic) bond motifs is 1. The molecule has 0 bridgehead atoms. The molecule has 0 radical (unpaired) electrons. The SMILES string of the molecule is Cc1c[nH]c2c(C(F)(F)F)cccc12. The van der Waals surface area contributed by atoms with Gasteiger partial charge in [-0.1, -0.05) is 12.1 Å². The Morgan fingerprint density at radius 1 is 1.21 bits per heavy atom. The van der Waals surface area contributed by atoms with Crippen LogP contribution in [0.5, 0.6) is 0 Å². The van der Waals surface area contributed by atoms with Gasteiger partial charge in [0, 0.05) is 11.6 Å². The van der Waals surface area contributed by atoms with Gasteiger partial charge in [0.15, 0.2) is 0 Å². The van der Waals surface area contributed by atoms with Gasteiger partial charge in [-0.2, -0.15) is 13.2 Å². The zero-order valence-electron chi connectivity index (χ0n) is 7.44. The van der Waals surface area contributed by atoms with Crippen molar-refractivity contribution in [1.29, 1.82) is 0 Å². The molecule has 14 heavy (non-hydrogen) atoms. The van der Waals surface area contributed by atoms with Gasteiger partial charge < -0.3 is 4.98 Å². The van der Waals surface area contributed by atoms with Crippen LogP contribution >= 0.6 is 0 Å². The van der Waals surface area contributed by atoms with E-state index in [0.29, 0.717) is 5.39 Å². The summed E-state index contributed by atoms with van der Waals surface area (Å²) in [6, 6.07) is 4.18. The van der Waals surface area contributed by atoms with Gasteiger partial charge in [-0.25, -0.2) is 0 Å². The molecule has 0 atom stereocenters. The van der Waals surface area contributed by atoms with Crippen LogP contribution in [0, 0.1) is 6.92 Å². The van der Waals surface area contributed by atoms with Crippen LogP contribution in [0.3, 0.4) is 0 Å². The molecule has 0 unspecified atom stereocenters. The fraction of sp³-hybridized carbons (Fsp3) is 0.200. The summed E-state index contributed by atoms with van der Waals surface area (Å²) in [7, 11) is 0. The molecular weight excluding hydrogens is 191 g/mol. The normalized spacial score (nSPS) is 12.3. The van der Waals surface area contributed by atoms with E-state index in [-0.39, 0.29) is 5.52 Å². The van der Waals surface area contributed by atoms with Gasteiger partial charge in [-0.3, -0.25) is 0 Å². The number of benzene rings is 1. The van der Waals surface area contributed by atoms with Crippen molar-refractivity contribution in [3.8, 4) is 0 Å². The van der Waals surface area contributed by atoms with E-state index in [4.69, 9.17) is 0 Å². The summed E-state index contributed by atoms with van der Waals surface area (Å²) >= 11 is 0. The Kier molecular flexibility index (Phi) is 1.80. The molecule has 4 heteroatoms. The molecule has 0 spiro atoms. The Labute approximate surface area is 78.5 Å². The highest BCUT2D eigenvalue weighted by Crippen LogP contribution is 2.34. The number of rotatable bonds is 0. The summed E-state index contributed by atoms with van der Waals surface area (Å²) in [6.07, 6.45) is -2.71. The minimum Gasteiger partial charge on any atom is -0.360 e. The summed E-state index contributed by atoms with van der Waals surface area (Å²) in [5.41, 5.74) is 0.381. The molecule has 2 aromatic rings. The molecule has 1 N–H and O–H groups in total. The lowest BCUT2D eigenvalue weighted by atomic mass is 10.1. The van der Waals surface area contributed by atoms with E-state index in [2.05, 4.69) is 4.98 Å². The molecule has 1 aromatic heterocycles. The summed E-state index contributed by atoms with van der Waals surface area (Å²) < 4.78 is 37.5. The van der Waals surface area contributed by atoms with Crippen molar-refractivity contribution in [3.05, 3.63) is 35.5 Å². The van der Waals surface area contributed by atoms with Crippen molar-refractivity contribution in [2.24, 2.45) is 0 Å². The lowest BCUT2D eigenvalue weighted by Crippen LogP contribution is -2.05. The number of para-hydroxylation sites is 1.